The summed E-state index contributed by atoms with van der Waals surface area (Å²) in [5.41, 5.74) is 0.874. The maximum Gasteiger partial charge on any atom is 0.221 e. The second kappa shape index (κ2) is 5.30. The number of carbonyl (C=O) groups excluding carboxylic acids is 1. The molecule has 5 nitrogen and oxygen atoms in total. The predicted molar refractivity (Wildman–Crippen MR) is 60.7 cm³/mol. The van der Waals surface area contributed by atoms with Gasteiger partial charge < -0.3 is 15.4 Å². The number of likely N-dealkylation sites (tertiary alicyclic amines) is 1. The van der Waals surface area contributed by atoms with Crippen LogP contribution in [0.1, 0.15) is 32.1 Å². The van der Waals surface area contributed by atoms with Crippen molar-refractivity contribution in [1.82, 2.24) is 10.2 Å². The first-order chi connectivity index (χ1) is 7.78. The molecule has 0 aromatic carbocycles. The molecule has 1 amide bonds. The summed E-state index contributed by atoms with van der Waals surface area (Å²) in [6, 6.07) is 0.460. The highest BCUT2D eigenvalue weighted by molar-refractivity contribution is 5.84. The van der Waals surface area contributed by atoms with Crippen LogP contribution in [0.15, 0.2) is 5.16 Å². The summed E-state index contributed by atoms with van der Waals surface area (Å²) in [5.74, 6) is 0.170. The van der Waals surface area contributed by atoms with Crippen LogP contribution in [0.5, 0.6) is 0 Å². The Bertz CT molecular complexity index is 277. The van der Waals surface area contributed by atoms with Crippen molar-refractivity contribution >= 4 is 11.6 Å². The smallest absolute Gasteiger partial charge is 0.221 e. The van der Waals surface area contributed by atoms with Crippen molar-refractivity contribution in [3.63, 3.8) is 0 Å². The van der Waals surface area contributed by atoms with Gasteiger partial charge >= 0.3 is 0 Å². The van der Waals surface area contributed by atoms with Crippen molar-refractivity contribution in [2.75, 3.05) is 19.6 Å². The maximum absolute atomic E-state index is 11.5. The molecule has 2 aliphatic rings. The highest BCUT2D eigenvalue weighted by atomic mass is 16.4. The number of rotatable bonds is 4. The molecule has 0 bridgehead atoms. The maximum atomic E-state index is 11.5. The summed E-state index contributed by atoms with van der Waals surface area (Å²) in [5, 5.41) is 14.8. The Morgan fingerprint density at radius 2 is 2.12 bits per heavy atom. The van der Waals surface area contributed by atoms with Crippen molar-refractivity contribution in [1.29, 1.82) is 0 Å². The fraction of sp³-hybridized carbons (Fsp3) is 0.818. The molecule has 0 aromatic heterocycles. The van der Waals surface area contributed by atoms with E-state index in [4.69, 9.17) is 5.21 Å². The lowest BCUT2D eigenvalue weighted by atomic mass is 10.1. The van der Waals surface area contributed by atoms with E-state index in [1.807, 2.05) is 0 Å². The summed E-state index contributed by atoms with van der Waals surface area (Å²) in [4.78, 5) is 13.7. The van der Waals surface area contributed by atoms with Gasteiger partial charge in [-0.3, -0.25) is 4.79 Å². The monoisotopic (exact) mass is 225 g/mol. The Morgan fingerprint density at radius 1 is 1.44 bits per heavy atom. The van der Waals surface area contributed by atoms with Gasteiger partial charge in [0.25, 0.3) is 0 Å². The predicted octanol–water partition coefficient (Wildman–Crippen LogP) is 0.581. The van der Waals surface area contributed by atoms with E-state index in [0.717, 1.165) is 51.0 Å². The molecule has 0 radical (unpaired) electrons. The van der Waals surface area contributed by atoms with Gasteiger partial charge in [0.15, 0.2) is 0 Å². The molecule has 2 rings (SSSR count). The zero-order chi connectivity index (χ0) is 11.4. The van der Waals surface area contributed by atoms with Gasteiger partial charge in [-0.2, -0.15) is 0 Å². The Morgan fingerprint density at radius 3 is 2.69 bits per heavy atom. The molecular weight excluding hydrogens is 206 g/mol. The molecule has 2 N–H and O–H groups in total. The normalized spacial score (nSPS) is 21.9. The van der Waals surface area contributed by atoms with Crippen molar-refractivity contribution in [2.24, 2.45) is 5.16 Å². The van der Waals surface area contributed by atoms with Crippen LogP contribution in [0.2, 0.25) is 0 Å². The molecule has 1 saturated heterocycles. The van der Waals surface area contributed by atoms with Crippen molar-refractivity contribution < 1.29 is 10.0 Å². The third kappa shape index (κ3) is 3.48. The molecule has 1 aliphatic heterocycles. The molecule has 1 saturated carbocycles. The fourth-order valence-corrected chi connectivity index (χ4v) is 1.92. The number of oxime groups is 1. The van der Waals surface area contributed by atoms with E-state index in [9.17, 15) is 4.79 Å². The number of nitrogens with zero attached hydrogens (tertiary/aromatic N) is 2. The lowest BCUT2D eigenvalue weighted by molar-refractivity contribution is -0.121. The average Bonchev–Trinajstić information content (AvgIpc) is 3.11. The second-order valence-electron chi connectivity index (χ2n) is 4.60. The number of carbonyl (C=O) groups is 1. The van der Waals surface area contributed by atoms with Gasteiger partial charge in [0.2, 0.25) is 5.91 Å². The van der Waals surface area contributed by atoms with E-state index in [-0.39, 0.29) is 5.91 Å². The minimum atomic E-state index is 0.170. The standard InChI is InChI=1S/C11H19N3O2/c15-11(12-9-1-2-9)5-8-14-6-3-10(13-16)4-7-14/h9,16H,1-8H2,(H,12,15). The first-order valence-corrected chi connectivity index (χ1v) is 5.99. The van der Waals surface area contributed by atoms with E-state index in [0.29, 0.717) is 12.5 Å². The van der Waals surface area contributed by atoms with Gasteiger partial charge in [0.05, 0.1) is 5.71 Å². The van der Waals surface area contributed by atoms with Gasteiger partial charge in [0.1, 0.15) is 0 Å². The minimum absolute atomic E-state index is 0.170. The summed E-state index contributed by atoms with van der Waals surface area (Å²) < 4.78 is 0. The number of hydrogen-bond donors (Lipinski definition) is 2. The zero-order valence-electron chi connectivity index (χ0n) is 9.48. The van der Waals surface area contributed by atoms with Crippen LogP contribution >= 0.6 is 0 Å². The quantitative estimate of drug-likeness (QED) is 0.543. The van der Waals surface area contributed by atoms with Crippen molar-refractivity contribution in [3.05, 3.63) is 0 Å². The van der Waals surface area contributed by atoms with Gasteiger partial charge in [-0.15, -0.1) is 0 Å². The number of hydrogen-bond acceptors (Lipinski definition) is 4. The lowest BCUT2D eigenvalue weighted by Gasteiger charge is -2.26. The number of nitrogens with one attached hydrogen (secondary N) is 1. The Kier molecular flexibility index (Phi) is 3.77. The van der Waals surface area contributed by atoms with E-state index >= 15 is 0 Å². The van der Waals surface area contributed by atoms with Crippen LogP contribution in [-0.4, -0.2) is 47.4 Å². The van der Waals surface area contributed by atoms with Crippen LogP contribution in [0.3, 0.4) is 0 Å². The third-order valence-corrected chi connectivity index (χ3v) is 3.17. The van der Waals surface area contributed by atoms with E-state index < -0.39 is 0 Å². The summed E-state index contributed by atoms with van der Waals surface area (Å²) in [6.45, 7) is 2.61. The van der Waals surface area contributed by atoms with Crippen molar-refractivity contribution in [2.45, 2.75) is 38.1 Å². The first-order valence-electron chi connectivity index (χ1n) is 5.99. The summed E-state index contributed by atoms with van der Waals surface area (Å²) >= 11 is 0. The van der Waals surface area contributed by atoms with Crippen LogP contribution in [-0.2, 0) is 4.79 Å². The SMILES string of the molecule is O=C(CCN1CCC(=NO)CC1)NC1CC1. The Hall–Kier alpha value is -1.10. The van der Waals surface area contributed by atoms with Gasteiger partial charge in [-0.25, -0.2) is 0 Å². The van der Waals surface area contributed by atoms with Crippen LogP contribution in [0, 0.1) is 0 Å². The molecule has 2 fully saturated rings. The molecule has 16 heavy (non-hydrogen) atoms. The topological polar surface area (TPSA) is 64.9 Å². The number of amides is 1. The third-order valence-electron chi connectivity index (χ3n) is 3.17. The molecule has 5 heteroatoms. The lowest BCUT2D eigenvalue weighted by Crippen LogP contribution is -2.37. The molecule has 0 aromatic rings. The minimum Gasteiger partial charge on any atom is -0.411 e. The van der Waals surface area contributed by atoms with E-state index in [1.54, 1.807) is 0 Å². The molecule has 0 atom stereocenters. The molecular formula is C11H19N3O2. The fourth-order valence-electron chi connectivity index (χ4n) is 1.92. The van der Waals surface area contributed by atoms with Gasteiger partial charge in [0, 0.05) is 44.9 Å². The van der Waals surface area contributed by atoms with Crippen LogP contribution < -0.4 is 5.32 Å². The Balaban J connectivity index is 1.61. The average molecular weight is 225 g/mol. The van der Waals surface area contributed by atoms with Crippen LogP contribution in [0.25, 0.3) is 0 Å². The molecule has 0 unspecified atom stereocenters. The molecule has 0 spiro atoms. The van der Waals surface area contributed by atoms with Gasteiger partial charge in [-0.1, -0.05) is 5.16 Å². The van der Waals surface area contributed by atoms with Crippen LogP contribution in [0.4, 0.5) is 0 Å². The highest BCUT2D eigenvalue weighted by Gasteiger charge is 2.23. The summed E-state index contributed by atoms with van der Waals surface area (Å²) in [7, 11) is 0. The molecule has 1 aliphatic carbocycles. The molecule has 1 heterocycles. The highest BCUT2D eigenvalue weighted by Crippen LogP contribution is 2.18. The first kappa shape index (κ1) is 11.4. The number of piperidine rings is 1. The largest absolute Gasteiger partial charge is 0.411 e. The second-order valence-corrected chi connectivity index (χ2v) is 4.60. The van der Waals surface area contributed by atoms with E-state index in [2.05, 4.69) is 15.4 Å². The van der Waals surface area contributed by atoms with Crippen molar-refractivity contribution in [3.8, 4) is 0 Å². The zero-order valence-corrected chi connectivity index (χ0v) is 9.48. The van der Waals surface area contributed by atoms with Gasteiger partial charge in [-0.05, 0) is 12.8 Å². The van der Waals surface area contributed by atoms with E-state index in [1.165, 1.54) is 0 Å². The Labute approximate surface area is 95.5 Å². The molecule has 90 valence electrons. The summed E-state index contributed by atoms with van der Waals surface area (Å²) in [6.07, 6.45) is 4.52.